The molecule has 25 heavy (non-hydrogen) atoms. The van der Waals surface area contributed by atoms with Gasteiger partial charge in [-0.25, -0.2) is 4.79 Å². The Morgan fingerprint density at radius 3 is 2.48 bits per heavy atom. The molecule has 0 saturated carbocycles. The summed E-state index contributed by atoms with van der Waals surface area (Å²) in [7, 11) is 1.72. The van der Waals surface area contributed by atoms with Crippen LogP contribution in [0.3, 0.4) is 0 Å². The van der Waals surface area contributed by atoms with Crippen molar-refractivity contribution in [3.05, 3.63) is 59.2 Å². The van der Waals surface area contributed by atoms with Crippen LogP contribution < -0.4 is 0 Å². The topological polar surface area (TPSA) is 46.6 Å². The van der Waals surface area contributed by atoms with E-state index in [1.807, 2.05) is 63.2 Å². The Labute approximate surface area is 148 Å². The lowest BCUT2D eigenvalue weighted by atomic mass is 9.97. The molecule has 3 rings (SSSR count). The lowest BCUT2D eigenvalue weighted by Gasteiger charge is -2.24. The summed E-state index contributed by atoms with van der Waals surface area (Å²) in [5.74, 6) is -0.238. The van der Waals surface area contributed by atoms with E-state index >= 15 is 0 Å². The second kappa shape index (κ2) is 6.36. The van der Waals surface area contributed by atoms with Crippen LogP contribution in [0, 0.1) is 0 Å². The van der Waals surface area contributed by atoms with Gasteiger partial charge in [0.05, 0.1) is 5.92 Å². The number of amides is 1. The van der Waals surface area contributed by atoms with Crippen molar-refractivity contribution in [1.29, 1.82) is 0 Å². The zero-order valence-corrected chi connectivity index (χ0v) is 15.1. The molecule has 0 spiro atoms. The molecule has 4 heteroatoms. The van der Waals surface area contributed by atoms with Crippen molar-refractivity contribution < 1.29 is 14.3 Å². The average Bonchev–Trinajstić information content (AvgIpc) is 2.86. The number of fused-ring (bicyclic) bond motifs is 3. The minimum atomic E-state index is -0.520. The fourth-order valence-corrected chi connectivity index (χ4v) is 3.22. The van der Waals surface area contributed by atoms with E-state index in [9.17, 15) is 9.59 Å². The van der Waals surface area contributed by atoms with Gasteiger partial charge in [-0.1, -0.05) is 42.5 Å². The maximum atomic E-state index is 12.1. The molecule has 1 aliphatic carbocycles. The molecule has 1 aliphatic rings. The third kappa shape index (κ3) is 3.43. The van der Waals surface area contributed by atoms with Gasteiger partial charge in [-0.2, -0.15) is 0 Å². The molecule has 0 bridgehead atoms. The highest BCUT2D eigenvalue weighted by Gasteiger charge is 2.28. The number of hydrogen-bond donors (Lipinski definition) is 0. The van der Waals surface area contributed by atoms with Crippen molar-refractivity contribution in [1.82, 2.24) is 4.90 Å². The fraction of sp³-hybridized carbons (Fsp3) is 0.333. The van der Waals surface area contributed by atoms with Gasteiger partial charge >= 0.3 is 6.09 Å². The Morgan fingerprint density at radius 1 is 1.12 bits per heavy atom. The monoisotopic (exact) mass is 337 g/mol. The van der Waals surface area contributed by atoms with Crippen LogP contribution in [0.2, 0.25) is 0 Å². The number of carbonyl (C=O) groups excluding carboxylic acids is 2. The molecule has 4 nitrogen and oxygen atoms in total. The molecule has 0 heterocycles. The number of rotatable bonds is 3. The van der Waals surface area contributed by atoms with E-state index in [1.54, 1.807) is 11.9 Å². The van der Waals surface area contributed by atoms with Crippen LogP contribution in [0.1, 0.15) is 43.4 Å². The van der Waals surface area contributed by atoms with E-state index in [2.05, 4.69) is 0 Å². The number of aldehydes is 1. The normalized spacial score (nSPS) is 15.3. The highest BCUT2D eigenvalue weighted by molar-refractivity contribution is 5.87. The van der Waals surface area contributed by atoms with Crippen LogP contribution in [-0.2, 0) is 16.1 Å². The quantitative estimate of drug-likeness (QED) is 0.782. The molecular weight excluding hydrogens is 314 g/mol. The summed E-state index contributed by atoms with van der Waals surface area (Å²) in [4.78, 5) is 25.3. The maximum Gasteiger partial charge on any atom is 0.410 e. The van der Waals surface area contributed by atoms with E-state index in [0.717, 1.165) is 34.1 Å². The van der Waals surface area contributed by atoms with Gasteiger partial charge in [0.25, 0.3) is 0 Å². The van der Waals surface area contributed by atoms with Crippen LogP contribution in [0.15, 0.2) is 42.5 Å². The first kappa shape index (κ1) is 17.2. The van der Waals surface area contributed by atoms with E-state index in [0.29, 0.717) is 6.54 Å². The standard InChI is InChI=1S/C21H23NO3/c1-21(2,3)25-20(24)22(4)12-14-9-10-17-15-7-5-6-8-16(15)19(13-23)18(17)11-14/h5-11,13,19H,12H2,1-4H3. The molecule has 0 radical (unpaired) electrons. The van der Waals surface area contributed by atoms with Crippen LogP contribution in [0.4, 0.5) is 4.79 Å². The van der Waals surface area contributed by atoms with Crippen LogP contribution >= 0.6 is 0 Å². The fourth-order valence-electron chi connectivity index (χ4n) is 3.22. The third-order valence-electron chi connectivity index (χ3n) is 4.30. The number of hydrogen-bond acceptors (Lipinski definition) is 3. The van der Waals surface area contributed by atoms with Gasteiger partial charge in [0.15, 0.2) is 0 Å². The third-order valence-corrected chi connectivity index (χ3v) is 4.30. The van der Waals surface area contributed by atoms with Crippen molar-refractivity contribution >= 4 is 12.4 Å². The number of benzene rings is 2. The zero-order chi connectivity index (χ0) is 18.2. The molecular formula is C21H23NO3. The van der Waals surface area contributed by atoms with Crippen molar-refractivity contribution in [3.8, 4) is 11.1 Å². The van der Waals surface area contributed by atoms with Crippen molar-refractivity contribution in [2.45, 2.75) is 38.8 Å². The lowest BCUT2D eigenvalue weighted by molar-refractivity contribution is -0.108. The van der Waals surface area contributed by atoms with Gasteiger partial charge in [-0.05, 0) is 48.6 Å². The highest BCUT2D eigenvalue weighted by atomic mass is 16.6. The van der Waals surface area contributed by atoms with Gasteiger partial charge in [-0.3, -0.25) is 0 Å². The predicted molar refractivity (Wildman–Crippen MR) is 97.5 cm³/mol. The summed E-state index contributed by atoms with van der Waals surface area (Å²) < 4.78 is 5.39. The van der Waals surface area contributed by atoms with E-state index < -0.39 is 5.60 Å². The highest BCUT2D eigenvalue weighted by Crippen LogP contribution is 2.44. The summed E-state index contributed by atoms with van der Waals surface area (Å²) in [6.07, 6.45) is 0.634. The molecule has 0 saturated heterocycles. The first-order chi connectivity index (χ1) is 11.8. The molecule has 1 unspecified atom stereocenters. The molecule has 0 fully saturated rings. The first-order valence-electron chi connectivity index (χ1n) is 8.41. The second-order valence-electron chi connectivity index (χ2n) is 7.46. The molecule has 0 N–H and O–H groups in total. The predicted octanol–water partition coefficient (Wildman–Crippen LogP) is 4.36. The van der Waals surface area contributed by atoms with Gasteiger partial charge < -0.3 is 14.4 Å². The average molecular weight is 337 g/mol. The molecule has 0 aliphatic heterocycles. The van der Waals surface area contributed by atoms with Gasteiger partial charge in [-0.15, -0.1) is 0 Å². The molecule has 2 aromatic carbocycles. The molecule has 2 aromatic rings. The zero-order valence-electron chi connectivity index (χ0n) is 15.1. The maximum absolute atomic E-state index is 12.1. The summed E-state index contributed by atoms with van der Waals surface area (Å²) in [5.41, 5.74) is 4.72. The van der Waals surface area contributed by atoms with E-state index in [4.69, 9.17) is 4.74 Å². The Hall–Kier alpha value is -2.62. The Balaban J connectivity index is 1.84. The minimum absolute atomic E-state index is 0.238. The molecule has 130 valence electrons. The summed E-state index contributed by atoms with van der Waals surface area (Å²) in [5, 5.41) is 0. The lowest BCUT2D eigenvalue weighted by Crippen LogP contribution is -2.33. The molecule has 0 aromatic heterocycles. The number of ether oxygens (including phenoxy) is 1. The van der Waals surface area contributed by atoms with Gasteiger partial charge in [0, 0.05) is 13.6 Å². The first-order valence-corrected chi connectivity index (χ1v) is 8.41. The molecule has 1 amide bonds. The van der Waals surface area contributed by atoms with Crippen LogP contribution in [-0.4, -0.2) is 29.9 Å². The SMILES string of the molecule is CN(Cc1ccc2c(c1)C(C=O)c1ccccc1-2)C(=O)OC(C)(C)C. The number of carbonyl (C=O) groups is 2. The second-order valence-corrected chi connectivity index (χ2v) is 7.46. The Bertz CT molecular complexity index is 820. The van der Waals surface area contributed by atoms with E-state index in [-0.39, 0.29) is 12.0 Å². The Morgan fingerprint density at radius 2 is 1.80 bits per heavy atom. The van der Waals surface area contributed by atoms with Crippen molar-refractivity contribution in [2.75, 3.05) is 7.05 Å². The summed E-state index contributed by atoms with van der Waals surface area (Å²) >= 11 is 0. The smallest absolute Gasteiger partial charge is 0.410 e. The van der Waals surface area contributed by atoms with Crippen molar-refractivity contribution in [2.24, 2.45) is 0 Å². The molecule has 1 atom stereocenters. The van der Waals surface area contributed by atoms with Crippen LogP contribution in [0.5, 0.6) is 0 Å². The van der Waals surface area contributed by atoms with E-state index in [1.165, 1.54) is 0 Å². The van der Waals surface area contributed by atoms with Crippen LogP contribution in [0.25, 0.3) is 11.1 Å². The Kier molecular flexibility index (Phi) is 4.38. The minimum Gasteiger partial charge on any atom is -0.444 e. The van der Waals surface area contributed by atoms with Gasteiger partial charge in [0.1, 0.15) is 11.9 Å². The largest absolute Gasteiger partial charge is 0.444 e. The summed E-state index contributed by atoms with van der Waals surface area (Å²) in [6, 6.07) is 14.1. The summed E-state index contributed by atoms with van der Waals surface area (Å²) in [6.45, 7) is 5.98. The number of nitrogens with zero attached hydrogens (tertiary/aromatic N) is 1. The van der Waals surface area contributed by atoms with Crippen molar-refractivity contribution in [3.63, 3.8) is 0 Å². The van der Waals surface area contributed by atoms with Gasteiger partial charge in [0.2, 0.25) is 0 Å².